The van der Waals surface area contributed by atoms with Crippen molar-refractivity contribution >= 4 is 0 Å². The van der Waals surface area contributed by atoms with E-state index in [0.717, 1.165) is 6.42 Å². The summed E-state index contributed by atoms with van der Waals surface area (Å²) in [5.41, 5.74) is 4.07. The summed E-state index contributed by atoms with van der Waals surface area (Å²) in [6, 6.07) is 0. The van der Waals surface area contributed by atoms with Gasteiger partial charge in [0.05, 0.1) is 0 Å². The summed E-state index contributed by atoms with van der Waals surface area (Å²) in [4.78, 5) is 0. The molecule has 0 aromatic rings. The fraction of sp³-hybridized carbons (Fsp3) is 0.875. The van der Waals surface area contributed by atoms with Crippen LogP contribution >= 0.6 is 0 Å². The van der Waals surface area contributed by atoms with Crippen LogP contribution in [0.5, 0.6) is 0 Å². The first-order valence-corrected chi connectivity index (χ1v) is 6.56. The first-order chi connectivity index (χ1) is 6.81. The van der Waals surface area contributed by atoms with Gasteiger partial charge in [-0.2, -0.15) is 0 Å². The van der Waals surface area contributed by atoms with Crippen LogP contribution in [0.1, 0.15) is 75.7 Å². The van der Waals surface area contributed by atoms with Gasteiger partial charge in [-0.1, -0.05) is 80.4 Å². The molecular weight excluding hydrogens is 192 g/mol. The SMILES string of the molecule is CCC(=C(C(C)(C)C)C(C)(C)C)C(C)(C)C. The smallest absolute Gasteiger partial charge is 0.0165 e. The van der Waals surface area contributed by atoms with Gasteiger partial charge in [-0.25, -0.2) is 0 Å². The van der Waals surface area contributed by atoms with Crippen molar-refractivity contribution in [2.75, 3.05) is 0 Å². The molecule has 0 saturated heterocycles. The van der Waals surface area contributed by atoms with E-state index in [0.29, 0.717) is 0 Å². The van der Waals surface area contributed by atoms with Gasteiger partial charge >= 0.3 is 0 Å². The molecule has 0 fully saturated rings. The Kier molecular flexibility index (Phi) is 4.47. The van der Waals surface area contributed by atoms with E-state index in [-0.39, 0.29) is 16.2 Å². The van der Waals surface area contributed by atoms with Gasteiger partial charge in [-0.3, -0.25) is 0 Å². The molecule has 0 saturated carbocycles. The fourth-order valence-electron chi connectivity index (χ4n) is 3.11. The van der Waals surface area contributed by atoms with E-state index < -0.39 is 0 Å². The van der Waals surface area contributed by atoms with E-state index in [1.54, 1.807) is 11.1 Å². The van der Waals surface area contributed by atoms with E-state index in [9.17, 15) is 0 Å². The van der Waals surface area contributed by atoms with Gasteiger partial charge in [0.25, 0.3) is 0 Å². The molecule has 0 bridgehead atoms. The fourth-order valence-corrected chi connectivity index (χ4v) is 3.11. The normalized spacial score (nSPS) is 13.9. The highest BCUT2D eigenvalue weighted by molar-refractivity contribution is 5.29. The Morgan fingerprint density at radius 3 is 1.00 bits per heavy atom. The molecule has 0 aliphatic heterocycles. The van der Waals surface area contributed by atoms with Gasteiger partial charge in [0, 0.05) is 0 Å². The van der Waals surface area contributed by atoms with Crippen LogP contribution in [0.25, 0.3) is 0 Å². The van der Waals surface area contributed by atoms with Gasteiger partial charge in [0.15, 0.2) is 0 Å². The largest absolute Gasteiger partial charge is 0.0648 e. The van der Waals surface area contributed by atoms with Crippen molar-refractivity contribution in [2.45, 2.75) is 75.7 Å². The zero-order valence-electron chi connectivity index (χ0n) is 13.2. The highest BCUT2D eigenvalue weighted by Crippen LogP contribution is 2.46. The molecule has 0 aliphatic carbocycles. The van der Waals surface area contributed by atoms with E-state index in [1.807, 2.05) is 0 Å². The molecule has 0 amide bonds. The van der Waals surface area contributed by atoms with E-state index in [1.165, 1.54) is 0 Å². The Balaban J connectivity index is 5.92. The van der Waals surface area contributed by atoms with Crippen LogP contribution in [0.3, 0.4) is 0 Å². The minimum Gasteiger partial charge on any atom is -0.0648 e. The summed E-state index contributed by atoms with van der Waals surface area (Å²) in [5, 5.41) is 0. The molecule has 0 heteroatoms. The molecule has 0 radical (unpaired) electrons. The van der Waals surface area contributed by atoms with Crippen molar-refractivity contribution in [3.63, 3.8) is 0 Å². The molecule has 0 unspecified atom stereocenters. The Hall–Kier alpha value is -0.260. The number of hydrogen-bond acceptors (Lipinski definition) is 0. The van der Waals surface area contributed by atoms with Crippen molar-refractivity contribution in [3.8, 4) is 0 Å². The number of rotatable bonds is 1. The molecule has 0 spiro atoms. The van der Waals surface area contributed by atoms with Gasteiger partial charge < -0.3 is 0 Å². The van der Waals surface area contributed by atoms with Gasteiger partial charge in [0.2, 0.25) is 0 Å². The quantitative estimate of drug-likeness (QED) is 0.491. The maximum Gasteiger partial charge on any atom is -0.0165 e. The molecule has 16 heavy (non-hydrogen) atoms. The molecule has 0 heterocycles. The van der Waals surface area contributed by atoms with Crippen LogP contribution < -0.4 is 0 Å². The summed E-state index contributed by atoms with van der Waals surface area (Å²) in [5.74, 6) is 0. The van der Waals surface area contributed by atoms with Crippen molar-refractivity contribution in [1.29, 1.82) is 0 Å². The van der Waals surface area contributed by atoms with E-state index >= 15 is 0 Å². The molecule has 0 atom stereocenters. The van der Waals surface area contributed by atoms with E-state index in [2.05, 4.69) is 69.2 Å². The molecule has 0 aliphatic rings. The predicted octanol–water partition coefficient (Wildman–Crippen LogP) is 5.83. The lowest BCUT2D eigenvalue weighted by Gasteiger charge is -2.40. The van der Waals surface area contributed by atoms with Crippen LogP contribution in [-0.4, -0.2) is 0 Å². The topological polar surface area (TPSA) is 0 Å². The Labute approximate surface area is 104 Å². The average Bonchev–Trinajstić information content (AvgIpc) is 1.91. The summed E-state index contributed by atoms with van der Waals surface area (Å²) < 4.78 is 0. The second-order valence-electron chi connectivity index (χ2n) is 7.96. The lowest BCUT2D eigenvalue weighted by molar-refractivity contribution is 0.332. The molecule has 0 rings (SSSR count). The first kappa shape index (κ1) is 15.7. The molecule has 0 nitrogen and oxygen atoms in total. The van der Waals surface area contributed by atoms with Gasteiger partial charge in [-0.05, 0) is 22.7 Å². The number of hydrogen-bond donors (Lipinski definition) is 0. The highest BCUT2D eigenvalue weighted by atomic mass is 14.4. The maximum absolute atomic E-state index is 2.34. The van der Waals surface area contributed by atoms with Crippen LogP contribution in [-0.2, 0) is 0 Å². The van der Waals surface area contributed by atoms with Crippen LogP contribution in [0.15, 0.2) is 11.1 Å². The van der Waals surface area contributed by atoms with Crippen LogP contribution in [0.4, 0.5) is 0 Å². The molecule has 0 N–H and O–H groups in total. The molecular formula is C16H32. The highest BCUT2D eigenvalue weighted by Gasteiger charge is 2.33. The lowest BCUT2D eigenvalue weighted by Crippen LogP contribution is -2.28. The third-order valence-corrected chi connectivity index (χ3v) is 3.06. The minimum atomic E-state index is 0.261. The van der Waals surface area contributed by atoms with Crippen LogP contribution in [0.2, 0.25) is 0 Å². The Morgan fingerprint density at radius 2 is 0.938 bits per heavy atom. The van der Waals surface area contributed by atoms with Gasteiger partial charge in [0.1, 0.15) is 0 Å². The zero-order chi connectivity index (χ0) is 13.4. The van der Waals surface area contributed by atoms with Crippen molar-refractivity contribution in [2.24, 2.45) is 16.2 Å². The monoisotopic (exact) mass is 224 g/mol. The predicted molar refractivity (Wildman–Crippen MR) is 75.7 cm³/mol. The van der Waals surface area contributed by atoms with E-state index in [4.69, 9.17) is 0 Å². The Morgan fingerprint density at radius 1 is 0.625 bits per heavy atom. The first-order valence-electron chi connectivity index (χ1n) is 6.56. The average molecular weight is 224 g/mol. The molecule has 96 valence electrons. The summed E-state index contributed by atoms with van der Waals surface area (Å²) in [6.45, 7) is 23.4. The number of allylic oxidation sites excluding steroid dienone is 2. The summed E-state index contributed by atoms with van der Waals surface area (Å²) >= 11 is 0. The zero-order valence-corrected chi connectivity index (χ0v) is 13.2. The summed E-state index contributed by atoms with van der Waals surface area (Å²) in [7, 11) is 0. The van der Waals surface area contributed by atoms with Crippen molar-refractivity contribution in [1.82, 2.24) is 0 Å². The second-order valence-corrected chi connectivity index (χ2v) is 7.96. The lowest BCUT2D eigenvalue weighted by atomic mass is 9.65. The standard InChI is InChI=1S/C16H32/c1-11-12(14(2,3)4)13(15(5,6)7)16(8,9)10/h11H2,1-10H3. The third kappa shape index (κ3) is 3.96. The Bertz CT molecular complexity index is 242. The van der Waals surface area contributed by atoms with Gasteiger partial charge in [-0.15, -0.1) is 0 Å². The van der Waals surface area contributed by atoms with Crippen molar-refractivity contribution in [3.05, 3.63) is 11.1 Å². The minimum absolute atomic E-state index is 0.261. The second kappa shape index (κ2) is 4.55. The van der Waals surface area contributed by atoms with Crippen molar-refractivity contribution < 1.29 is 0 Å². The molecule has 0 aromatic heterocycles. The summed E-state index contributed by atoms with van der Waals surface area (Å²) in [6.07, 6.45) is 1.16. The van der Waals surface area contributed by atoms with Crippen LogP contribution in [0, 0.1) is 16.2 Å². The maximum atomic E-state index is 2.34. The molecule has 0 aromatic carbocycles. The third-order valence-electron chi connectivity index (χ3n) is 3.06.